The van der Waals surface area contributed by atoms with Crippen LogP contribution in [0, 0.1) is 11.7 Å². The number of nitrogens with one attached hydrogen (secondary N) is 1. The van der Waals surface area contributed by atoms with E-state index in [0.29, 0.717) is 17.2 Å². The summed E-state index contributed by atoms with van der Waals surface area (Å²) in [5, 5.41) is 2.77. The number of rotatable bonds is 5. The van der Waals surface area contributed by atoms with Crippen molar-refractivity contribution in [3.63, 3.8) is 0 Å². The molecule has 1 N–H and O–H groups in total. The molecule has 0 bridgehead atoms. The van der Waals surface area contributed by atoms with E-state index in [9.17, 15) is 14.0 Å². The Kier molecular flexibility index (Phi) is 5.06. The summed E-state index contributed by atoms with van der Waals surface area (Å²) >= 11 is 0. The van der Waals surface area contributed by atoms with Gasteiger partial charge < -0.3 is 19.7 Å². The summed E-state index contributed by atoms with van der Waals surface area (Å²) < 4.78 is 24.3. The quantitative estimate of drug-likeness (QED) is 0.892. The minimum Gasteiger partial charge on any atom is -0.493 e. The smallest absolute Gasteiger partial charge is 0.229 e. The molecule has 1 unspecified atom stereocenters. The maximum atomic E-state index is 13.9. The van der Waals surface area contributed by atoms with Gasteiger partial charge in [0, 0.05) is 24.7 Å². The van der Waals surface area contributed by atoms with Crippen molar-refractivity contribution in [1.29, 1.82) is 0 Å². The molecule has 6 nitrogen and oxygen atoms in total. The third-order valence-corrected chi connectivity index (χ3v) is 4.29. The molecule has 0 aliphatic carbocycles. The molecular weight excluding hydrogens is 339 g/mol. The van der Waals surface area contributed by atoms with Crippen molar-refractivity contribution >= 4 is 23.2 Å². The van der Waals surface area contributed by atoms with E-state index in [0.717, 1.165) is 0 Å². The van der Waals surface area contributed by atoms with E-state index in [1.807, 2.05) is 0 Å². The molecule has 2 aromatic carbocycles. The summed E-state index contributed by atoms with van der Waals surface area (Å²) in [7, 11) is 3.03. The maximum Gasteiger partial charge on any atom is 0.229 e. The maximum absolute atomic E-state index is 13.9. The zero-order valence-corrected chi connectivity index (χ0v) is 14.5. The third-order valence-electron chi connectivity index (χ3n) is 4.29. The molecule has 3 rings (SSSR count). The molecule has 1 aliphatic heterocycles. The first-order chi connectivity index (χ1) is 12.5. The highest BCUT2D eigenvalue weighted by Crippen LogP contribution is 2.31. The van der Waals surface area contributed by atoms with Gasteiger partial charge in [-0.25, -0.2) is 4.39 Å². The number of benzene rings is 2. The Labute approximate surface area is 150 Å². The number of halogens is 1. The highest BCUT2D eigenvalue weighted by Gasteiger charge is 2.36. The van der Waals surface area contributed by atoms with Crippen LogP contribution in [-0.4, -0.2) is 32.6 Å². The predicted octanol–water partition coefficient (Wildman–Crippen LogP) is 2.83. The predicted molar refractivity (Wildman–Crippen MR) is 95.0 cm³/mol. The number of hydrogen-bond donors (Lipinski definition) is 1. The standard InChI is InChI=1S/C19H19FN2O4/c1-25-16-8-7-13(10-17(16)26-2)21-19(24)12-9-18(23)22(11-12)15-6-4-3-5-14(15)20/h3-8,10,12H,9,11H2,1-2H3,(H,21,24). The highest BCUT2D eigenvalue weighted by molar-refractivity contribution is 6.03. The van der Waals surface area contributed by atoms with Gasteiger partial charge in [0.2, 0.25) is 11.8 Å². The molecule has 26 heavy (non-hydrogen) atoms. The van der Waals surface area contributed by atoms with E-state index in [4.69, 9.17) is 9.47 Å². The second-order valence-corrected chi connectivity index (χ2v) is 5.92. The van der Waals surface area contributed by atoms with Crippen LogP contribution >= 0.6 is 0 Å². The molecular formula is C19H19FN2O4. The molecule has 0 radical (unpaired) electrons. The minimum absolute atomic E-state index is 0.0352. The minimum atomic E-state index is -0.560. The fourth-order valence-corrected chi connectivity index (χ4v) is 2.94. The van der Waals surface area contributed by atoms with Crippen molar-refractivity contribution in [2.24, 2.45) is 5.92 Å². The van der Waals surface area contributed by atoms with E-state index in [-0.39, 0.29) is 30.5 Å². The van der Waals surface area contributed by atoms with E-state index >= 15 is 0 Å². The molecule has 2 aromatic rings. The summed E-state index contributed by atoms with van der Waals surface area (Å²) in [5.74, 6) is -0.586. The number of ether oxygens (including phenoxy) is 2. The van der Waals surface area contributed by atoms with Crippen molar-refractivity contribution < 1.29 is 23.5 Å². The molecule has 1 heterocycles. The lowest BCUT2D eigenvalue weighted by Gasteiger charge is -2.17. The number of hydrogen-bond acceptors (Lipinski definition) is 4. The summed E-state index contributed by atoms with van der Waals surface area (Å²) in [4.78, 5) is 26.1. The average Bonchev–Trinajstić information content (AvgIpc) is 3.03. The number of para-hydroxylation sites is 1. The van der Waals surface area contributed by atoms with Crippen LogP contribution in [0.5, 0.6) is 11.5 Å². The second-order valence-electron chi connectivity index (χ2n) is 5.92. The third kappa shape index (κ3) is 3.46. The van der Waals surface area contributed by atoms with Crippen molar-refractivity contribution in [2.45, 2.75) is 6.42 Å². The van der Waals surface area contributed by atoms with Gasteiger partial charge in [-0.3, -0.25) is 9.59 Å². The fraction of sp³-hybridized carbons (Fsp3) is 0.263. The van der Waals surface area contributed by atoms with Crippen LogP contribution in [-0.2, 0) is 9.59 Å². The highest BCUT2D eigenvalue weighted by atomic mass is 19.1. The normalized spacial score (nSPS) is 16.5. The van der Waals surface area contributed by atoms with Crippen LogP contribution in [0.15, 0.2) is 42.5 Å². The Hall–Kier alpha value is -3.09. The SMILES string of the molecule is COc1ccc(NC(=O)C2CC(=O)N(c3ccccc3F)C2)cc1OC. The van der Waals surface area contributed by atoms with Gasteiger partial charge in [0.1, 0.15) is 5.82 Å². The van der Waals surface area contributed by atoms with Crippen molar-refractivity contribution in [2.75, 3.05) is 31.0 Å². The monoisotopic (exact) mass is 358 g/mol. The number of anilines is 2. The lowest BCUT2D eigenvalue weighted by molar-refractivity contribution is -0.122. The summed E-state index contributed by atoms with van der Waals surface area (Å²) in [6.45, 7) is 0.138. The number of methoxy groups -OCH3 is 2. The molecule has 1 fully saturated rings. The molecule has 2 amide bonds. The first-order valence-electron chi connectivity index (χ1n) is 8.11. The Morgan fingerprint density at radius 2 is 1.88 bits per heavy atom. The molecule has 136 valence electrons. The van der Waals surface area contributed by atoms with Gasteiger partial charge in [-0.2, -0.15) is 0 Å². The van der Waals surface area contributed by atoms with Gasteiger partial charge in [0.25, 0.3) is 0 Å². The lowest BCUT2D eigenvalue weighted by Crippen LogP contribution is -2.28. The Morgan fingerprint density at radius 1 is 1.15 bits per heavy atom. The molecule has 0 spiro atoms. The number of carbonyl (C=O) groups is 2. The van der Waals surface area contributed by atoms with Gasteiger partial charge in [0.05, 0.1) is 25.8 Å². The zero-order valence-electron chi connectivity index (χ0n) is 14.5. The van der Waals surface area contributed by atoms with E-state index in [1.165, 1.54) is 31.3 Å². The van der Waals surface area contributed by atoms with Crippen LogP contribution in [0.3, 0.4) is 0 Å². The first-order valence-corrected chi connectivity index (χ1v) is 8.11. The van der Waals surface area contributed by atoms with E-state index in [2.05, 4.69) is 5.32 Å². The van der Waals surface area contributed by atoms with Gasteiger partial charge in [-0.1, -0.05) is 12.1 Å². The Balaban J connectivity index is 1.72. The molecule has 1 aliphatic rings. The topological polar surface area (TPSA) is 67.9 Å². The van der Waals surface area contributed by atoms with Crippen LogP contribution in [0.2, 0.25) is 0 Å². The fourth-order valence-electron chi connectivity index (χ4n) is 2.94. The molecule has 0 saturated carbocycles. The number of nitrogens with zero attached hydrogens (tertiary/aromatic N) is 1. The number of carbonyl (C=O) groups excluding carboxylic acids is 2. The van der Waals surface area contributed by atoms with Gasteiger partial charge in [-0.05, 0) is 24.3 Å². The van der Waals surface area contributed by atoms with Crippen LogP contribution < -0.4 is 19.7 Å². The average molecular weight is 358 g/mol. The zero-order chi connectivity index (χ0) is 18.7. The van der Waals surface area contributed by atoms with Crippen LogP contribution in [0.4, 0.5) is 15.8 Å². The van der Waals surface area contributed by atoms with Crippen molar-refractivity contribution in [3.05, 3.63) is 48.3 Å². The molecule has 0 aromatic heterocycles. The van der Waals surface area contributed by atoms with E-state index < -0.39 is 11.7 Å². The number of amides is 2. The summed E-state index contributed by atoms with van der Waals surface area (Å²) in [6.07, 6.45) is 0.0352. The van der Waals surface area contributed by atoms with Crippen LogP contribution in [0.1, 0.15) is 6.42 Å². The first kappa shape index (κ1) is 17.7. The lowest BCUT2D eigenvalue weighted by atomic mass is 10.1. The van der Waals surface area contributed by atoms with Gasteiger partial charge >= 0.3 is 0 Å². The van der Waals surface area contributed by atoms with E-state index in [1.54, 1.807) is 30.3 Å². The Bertz CT molecular complexity index is 840. The van der Waals surface area contributed by atoms with Gasteiger partial charge in [0.15, 0.2) is 11.5 Å². The second kappa shape index (κ2) is 7.43. The summed E-state index contributed by atoms with van der Waals surface area (Å²) in [5.41, 5.74) is 0.725. The van der Waals surface area contributed by atoms with Gasteiger partial charge in [-0.15, -0.1) is 0 Å². The molecule has 1 atom stereocenters. The largest absolute Gasteiger partial charge is 0.493 e. The van der Waals surface area contributed by atoms with Crippen molar-refractivity contribution in [3.8, 4) is 11.5 Å². The van der Waals surface area contributed by atoms with Crippen molar-refractivity contribution in [1.82, 2.24) is 0 Å². The van der Waals surface area contributed by atoms with Crippen LogP contribution in [0.25, 0.3) is 0 Å². The molecule has 1 saturated heterocycles. The summed E-state index contributed by atoms with van der Waals surface area (Å²) in [6, 6.07) is 11.0. The molecule has 7 heteroatoms. The Morgan fingerprint density at radius 3 is 2.58 bits per heavy atom.